The Labute approximate surface area is 122 Å². The molecule has 0 aromatic heterocycles. The molecule has 21 heavy (non-hydrogen) atoms. The first-order valence-corrected chi connectivity index (χ1v) is 8.78. The van der Waals surface area contributed by atoms with Crippen molar-refractivity contribution in [2.75, 3.05) is 25.9 Å². The molecule has 2 saturated heterocycles. The third kappa shape index (κ3) is 3.68. The molecule has 2 atom stereocenters. The van der Waals surface area contributed by atoms with Crippen molar-refractivity contribution in [3.8, 4) is 0 Å². The molecule has 5 nitrogen and oxygen atoms in total. The lowest BCUT2D eigenvalue weighted by molar-refractivity contribution is -0.188. The van der Waals surface area contributed by atoms with Gasteiger partial charge >= 0.3 is 6.18 Å². The molecule has 0 aliphatic carbocycles. The third-order valence-electron chi connectivity index (χ3n) is 4.11. The number of hydrogen-bond donors (Lipinski definition) is 0. The summed E-state index contributed by atoms with van der Waals surface area (Å²) in [6.07, 6.45) is -2.05. The highest BCUT2D eigenvalue weighted by atomic mass is 32.2. The molecule has 9 heteroatoms. The summed E-state index contributed by atoms with van der Waals surface area (Å²) >= 11 is 0. The van der Waals surface area contributed by atoms with Crippen LogP contribution in [0.3, 0.4) is 0 Å². The largest absolute Gasteiger partial charge is 0.393 e. The molecule has 1 amide bonds. The fourth-order valence-electron chi connectivity index (χ4n) is 3.04. The van der Waals surface area contributed by atoms with Gasteiger partial charge < -0.3 is 4.90 Å². The van der Waals surface area contributed by atoms with Crippen LogP contribution in [0.2, 0.25) is 0 Å². The monoisotopic (exact) mass is 328 g/mol. The first-order chi connectivity index (χ1) is 9.60. The molecule has 0 unspecified atom stereocenters. The highest BCUT2D eigenvalue weighted by molar-refractivity contribution is 7.88. The summed E-state index contributed by atoms with van der Waals surface area (Å²) in [5.41, 5.74) is 0. The molecule has 0 bridgehead atoms. The highest BCUT2D eigenvalue weighted by Crippen LogP contribution is 2.34. The van der Waals surface area contributed by atoms with Crippen molar-refractivity contribution in [2.45, 2.75) is 37.9 Å². The third-order valence-corrected chi connectivity index (χ3v) is 5.40. The second-order valence-corrected chi connectivity index (χ2v) is 7.63. The SMILES string of the molecule is CS(=O)(=O)N1CCC[C@@H]1C(=O)N1CCC[C@H](C(F)(F)F)C1. The van der Waals surface area contributed by atoms with Gasteiger partial charge in [0.1, 0.15) is 6.04 Å². The smallest absolute Gasteiger partial charge is 0.341 e. The number of alkyl halides is 3. The van der Waals surface area contributed by atoms with Gasteiger partial charge in [-0.3, -0.25) is 4.79 Å². The van der Waals surface area contributed by atoms with Crippen LogP contribution < -0.4 is 0 Å². The van der Waals surface area contributed by atoms with Crippen molar-refractivity contribution in [2.24, 2.45) is 5.92 Å². The minimum atomic E-state index is -4.31. The van der Waals surface area contributed by atoms with Crippen LogP contribution in [0.1, 0.15) is 25.7 Å². The second-order valence-electron chi connectivity index (χ2n) is 5.70. The van der Waals surface area contributed by atoms with Crippen molar-refractivity contribution in [1.82, 2.24) is 9.21 Å². The first kappa shape index (κ1) is 16.5. The standard InChI is InChI=1S/C12H19F3N2O3S/c1-21(19,20)17-7-3-5-10(17)11(18)16-6-2-4-9(8-16)12(13,14)15/h9-10H,2-8H2,1H3/t9-,10+/m0/s1. The Bertz CT molecular complexity index is 506. The van der Waals surface area contributed by atoms with E-state index in [1.165, 1.54) is 4.90 Å². The zero-order valence-electron chi connectivity index (χ0n) is 11.8. The summed E-state index contributed by atoms with van der Waals surface area (Å²) in [5, 5.41) is 0. The van der Waals surface area contributed by atoms with Crippen molar-refractivity contribution in [1.29, 1.82) is 0 Å². The summed E-state index contributed by atoms with van der Waals surface area (Å²) in [6.45, 7) is 0.154. The molecule has 2 rings (SSSR count). The van der Waals surface area contributed by atoms with E-state index in [0.29, 0.717) is 19.3 Å². The van der Waals surface area contributed by atoms with Gasteiger partial charge in [-0.25, -0.2) is 8.42 Å². The van der Waals surface area contributed by atoms with Gasteiger partial charge in [-0.15, -0.1) is 0 Å². The molecule has 2 heterocycles. The van der Waals surface area contributed by atoms with Crippen LogP contribution in [-0.2, 0) is 14.8 Å². The van der Waals surface area contributed by atoms with Gasteiger partial charge in [-0.2, -0.15) is 17.5 Å². The van der Waals surface area contributed by atoms with E-state index in [1.54, 1.807) is 0 Å². The summed E-state index contributed by atoms with van der Waals surface area (Å²) in [5.74, 6) is -2.00. The number of sulfonamides is 1. The zero-order valence-corrected chi connectivity index (χ0v) is 12.6. The number of hydrogen-bond acceptors (Lipinski definition) is 3. The molecule has 0 aromatic carbocycles. The number of nitrogens with zero attached hydrogens (tertiary/aromatic N) is 2. The molecule has 0 N–H and O–H groups in total. The van der Waals surface area contributed by atoms with Crippen molar-refractivity contribution in [3.05, 3.63) is 0 Å². The topological polar surface area (TPSA) is 57.7 Å². The normalized spacial score (nSPS) is 28.9. The lowest BCUT2D eigenvalue weighted by atomic mass is 9.97. The predicted molar refractivity (Wildman–Crippen MR) is 69.9 cm³/mol. The van der Waals surface area contributed by atoms with Crippen molar-refractivity contribution >= 4 is 15.9 Å². The second kappa shape index (κ2) is 5.75. The lowest BCUT2D eigenvalue weighted by Gasteiger charge is -2.36. The molecule has 0 radical (unpaired) electrons. The maximum Gasteiger partial charge on any atom is 0.393 e. The average molecular weight is 328 g/mol. The zero-order chi connectivity index (χ0) is 15.8. The molecule has 0 aromatic rings. The van der Waals surface area contributed by atoms with E-state index < -0.39 is 34.1 Å². The number of rotatable bonds is 2. The van der Waals surface area contributed by atoms with E-state index in [4.69, 9.17) is 0 Å². The molecule has 2 aliphatic rings. The van der Waals surface area contributed by atoms with Gasteiger partial charge in [-0.1, -0.05) is 0 Å². The maximum atomic E-state index is 12.8. The number of carbonyl (C=O) groups is 1. The summed E-state index contributed by atoms with van der Waals surface area (Å²) < 4.78 is 62.7. The van der Waals surface area contributed by atoms with Gasteiger partial charge in [-0.05, 0) is 25.7 Å². The van der Waals surface area contributed by atoms with Crippen LogP contribution in [0.15, 0.2) is 0 Å². The minimum absolute atomic E-state index is 0.0216. The summed E-state index contributed by atoms with van der Waals surface area (Å²) in [6, 6.07) is -0.841. The van der Waals surface area contributed by atoms with Crippen LogP contribution in [0, 0.1) is 5.92 Å². The van der Waals surface area contributed by atoms with Crippen LogP contribution in [0.5, 0.6) is 0 Å². The Morgan fingerprint density at radius 3 is 2.33 bits per heavy atom. The minimum Gasteiger partial charge on any atom is -0.341 e. The van der Waals surface area contributed by atoms with E-state index in [1.807, 2.05) is 0 Å². The fraction of sp³-hybridized carbons (Fsp3) is 0.917. The Hall–Kier alpha value is -0.830. The highest BCUT2D eigenvalue weighted by Gasteiger charge is 2.45. The van der Waals surface area contributed by atoms with Crippen molar-refractivity contribution < 1.29 is 26.4 Å². The fourth-order valence-corrected chi connectivity index (χ4v) is 4.16. The molecule has 122 valence electrons. The lowest BCUT2D eigenvalue weighted by Crippen LogP contribution is -2.52. The van der Waals surface area contributed by atoms with Gasteiger partial charge in [0.25, 0.3) is 0 Å². The molecule has 2 fully saturated rings. The molecular weight excluding hydrogens is 309 g/mol. The van der Waals surface area contributed by atoms with Crippen LogP contribution in [0.4, 0.5) is 13.2 Å². The summed E-state index contributed by atoms with van der Waals surface area (Å²) in [7, 11) is -3.51. The van der Waals surface area contributed by atoms with E-state index in [-0.39, 0.29) is 26.1 Å². The molecular formula is C12H19F3N2O3S. The van der Waals surface area contributed by atoms with Gasteiger partial charge in [0.2, 0.25) is 15.9 Å². The molecule has 2 aliphatic heterocycles. The molecule has 0 saturated carbocycles. The Kier molecular flexibility index (Phi) is 4.53. The maximum absolute atomic E-state index is 12.8. The Balaban J connectivity index is 2.09. The number of likely N-dealkylation sites (tertiary alicyclic amines) is 1. The first-order valence-electron chi connectivity index (χ1n) is 6.93. The number of carbonyl (C=O) groups excluding carboxylic acids is 1. The summed E-state index contributed by atoms with van der Waals surface area (Å²) in [4.78, 5) is 13.6. The van der Waals surface area contributed by atoms with Gasteiger partial charge in [0, 0.05) is 19.6 Å². The molecule has 0 spiro atoms. The van der Waals surface area contributed by atoms with Crippen LogP contribution in [0.25, 0.3) is 0 Å². The quantitative estimate of drug-likeness (QED) is 0.766. The van der Waals surface area contributed by atoms with E-state index in [0.717, 1.165) is 10.6 Å². The Morgan fingerprint density at radius 1 is 1.14 bits per heavy atom. The number of halogens is 3. The van der Waals surface area contributed by atoms with Crippen LogP contribution >= 0.6 is 0 Å². The van der Waals surface area contributed by atoms with E-state index in [9.17, 15) is 26.4 Å². The average Bonchev–Trinajstić information content (AvgIpc) is 2.86. The predicted octanol–water partition coefficient (Wildman–Crippen LogP) is 1.21. The van der Waals surface area contributed by atoms with E-state index in [2.05, 4.69) is 0 Å². The van der Waals surface area contributed by atoms with Crippen molar-refractivity contribution in [3.63, 3.8) is 0 Å². The number of piperidine rings is 1. The number of amides is 1. The van der Waals surface area contributed by atoms with E-state index >= 15 is 0 Å². The van der Waals surface area contributed by atoms with Gasteiger partial charge in [0.15, 0.2) is 0 Å². The van der Waals surface area contributed by atoms with Crippen LogP contribution in [-0.4, -0.2) is 61.6 Å². The van der Waals surface area contributed by atoms with Gasteiger partial charge in [0.05, 0.1) is 12.2 Å². The Morgan fingerprint density at radius 2 is 1.76 bits per heavy atom.